The first-order valence-electron chi connectivity index (χ1n) is 6.98. The second-order valence-corrected chi connectivity index (χ2v) is 6.05. The molecule has 1 N–H and O–H groups in total. The maximum absolute atomic E-state index is 4.39. The van der Waals surface area contributed by atoms with Crippen LogP contribution in [0.5, 0.6) is 0 Å². The summed E-state index contributed by atoms with van der Waals surface area (Å²) in [7, 11) is 1.89. The fourth-order valence-corrected chi connectivity index (χ4v) is 2.51. The van der Waals surface area contributed by atoms with Crippen LogP contribution in [0, 0.1) is 17.8 Å². The lowest BCUT2D eigenvalue weighted by Crippen LogP contribution is -2.41. The average Bonchev–Trinajstić information content (AvgIpc) is 2.66. The van der Waals surface area contributed by atoms with Gasteiger partial charge in [-0.15, -0.1) is 0 Å². The third kappa shape index (κ3) is 4.97. The number of nitrogens with zero attached hydrogens (tertiary/aromatic N) is 2. The van der Waals surface area contributed by atoms with Crippen LogP contribution in [0.1, 0.15) is 40.5 Å². The molecule has 3 heteroatoms. The summed E-state index contributed by atoms with van der Waals surface area (Å²) in [5.41, 5.74) is 0. The first kappa shape index (κ1) is 14.3. The van der Waals surface area contributed by atoms with Crippen molar-refractivity contribution in [3.8, 4) is 0 Å². The van der Waals surface area contributed by atoms with Gasteiger partial charge >= 0.3 is 0 Å². The number of likely N-dealkylation sites (tertiary alicyclic amines) is 1. The Balaban J connectivity index is 2.39. The van der Waals surface area contributed by atoms with Gasteiger partial charge in [-0.2, -0.15) is 0 Å². The van der Waals surface area contributed by atoms with E-state index in [1.807, 2.05) is 7.05 Å². The van der Waals surface area contributed by atoms with Gasteiger partial charge in [0.05, 0.1) is 0 Å². The zero-order valence-corrected chi connectivity index (χ0v) is 12.2. The summed E-state index contributed by atoms with van der Waals surface area (Å²) in [4.78, 5) is 6.80. The van der Waals surface area contributed by atoms with E-state index in [1.165, 1.54) is 19.4 Å². The smallest absolute Gasteiger partial charge is 0.193 e. The largest absolute Gasteiger partial charge is 0.356 e. The minimum absolute atomic E-state index is 0.667. The van der Waals surface area contributed by atoms with E-state index >= 15 is 0 Å². The van der Waals surface area contributed by atoms with Crippen LogP contribution in [0.3, 0.4) is 0 Å². The van der Waals surface area contributed by atoms with Crippen LogP contribution >= 0.6 is 0 Å². The molecule has 1 rings (SSSR count). The van der Waals surface area contributed by atoms with Gasteiger partial charge < -0.3 is 10.2 Å². The highest BCUT2D eigenvalue weighted by Crippen LogP contribution is 2.23. The molecule has 0 aromatic heterocycles. The summed E-state index contributed by atoms with van der Waals surface area (Å²) in [6, 6.07) is 0. The van der Waals surface area contributed by atoms with Crippen LogP contribution in [-0.2, 0) is 0 Å². The van der Waals surface area contributed by atoms with Crippen LogP contribution in [0.2, 0.25) is 0 Å². The average molecular weight is 239 g/mol. The van der Waals surface area contributed by atoms with Crippen molar-refractivity contribution in [2.24, 2.45) is 22.7 Å². The van der Waals surface area contributed by atoms with Gasteiger partial charge in [0.25, 0.3) is 0 Å². The fraction of sp³-hybridized carbons (Fsp3) is 0.929. The molecular formula is C14H29N3. The van der Waals surface area contributed by atoms with Gasteiger partial charge in [0.15, 0.2) is 5.96 Å². The van der Waals surface area contributed by atoms with Gasteiger partial charge in [0.2, 0.25) is 0 Å². The molecule has 1 aliphatic rings. The second kappa shape index (κ2) is 6.87. The molecule has 100 valence electrons. The molecule has 1 atom stereocenters. The minimum atomic E-state index is 0.667. The van der Waals surface area contributed by atoms with Crippen molar-refractivity contribution in [2.45, 2.75) is 40.5 Å². The number of guanidine groups is 1. The van der Waals surface area contributed by atoms with Crippen LogP contribution in [0.15, 0.2) is 4.99 Å². The van der Waals surface area contributed by atoms with Crippen LogP contribution in [0.25, 0.3) is 0 Å². The quantitative estimate of drug-likeness (QED) is 0.603. The van der Waals surface area contributed by atoms with E-state index in [2.05, 4.69) is 42.9 Å². The number of aliphatic imine (C=N–C) groups is 1. The van der Waals surface area contributed by atoms with Crippen molar-refractivity contribution in [3.63, 3.8) is 0 Å². The normalized spacial score (nSPS) is 21.7. The Hall–Kier alpha value is -0.730. The summed E-state index contributed by atoms with van der Waals surface area (Å²) < 4.78 is 0. The van der Waals surface area contributed by atoms with Gasteiger partial charge in [-0.25, -0.2) is 0 Å². The minimum Gasteiger partial charge on any atom is -0.356 e. The Labute approximate surface area is 107 Å². The van der Waals surface area contributed by atoms with E-state index in [1.54, 1.807) is 0 Å². The van der Waals surface area contributed by atoms with E-state index in [9.17, 15) is 0 Å². The molecule has 1 fully saturated rings. The molecule has 0 saturated carbocycles. The van der Waals surface area contributed by atoms with E-state index in [-0.39, 0.29) is 0 Å². The van der Waals surface area contributed by atoms with E-state index in [4.69, 9.17) is 0 Å². The zero-order valence-electron chi connectivity index (χ0n) is 12.2. The first-order valence-corrected chi connectivity index (χ1v) is 6.98. The molecule has 1 aliphatic heterocycles. The molecule has 0 radical (unpaired) electrons. The van der Waals surface area contributed by atoms with Gasteiger partial charge in [-0.05, 0) is 30.6 Å². The maximum Gasteiger partial charge on any atom is 0.193 e. The first-order chi connectivity index (χ1) is 8.02. The second-order valence-electron chi connectivity index (χ2n) is 6.05. The Morgan fingerprint density at radius 3 is 2.53 bits per heavy atom. The number of hydrogen-bond acceptors (Lipinski definition) is 1. The van der Waals surface area contributed by atoms with E-state index in [0.717, 1.165) is 30.9 Å². The molecule has 0 amide bonds. The van der Waals surface area contributed by atoms with Gasteiger partial charge in [0, 0.05) is 26.7 Å². The highest BCUT2D eigenvalue weighted by Gasteiger charge is 2.25. The van der Waals surface area contributed by atoms with Crippen LogP contribution in [0.4, 0.5) is 0 Å². The van der Waals surface area contributed by atoms with Gasteiger partial charge in [0.1, 0.15) is 0 Å². The molecule has 1 heterocycles. The van der Waals surface area contributed by atoms with E-state index < -0.39 is 0 Å². The molecule has 1 saturated heterocycles. The summed E-state index contributed by atoms with van der Waals surface area (Å²) in [5.74, 6) is 3.42. The lowest BCUT2D eigenvalue weighted by molar-refractivity contribution is 0.402. The molecule has 0 aliphatic carbocycles. The molecule has 0 aromatic carbocycles. The van der Waals surface area contributed by atoms with Crippen molar-refractivity contribution < 1.29 is 0 Å². The Bertz CT molecular complexity index is 246. The van der Waals surface area contributed by atoms with Crippen molar-refractivity contribution in [1.82, 2.24) is 10.2 Å². The Kier molecular flexibility index (Phi) is 5.79. The molecular weight excluding hydrogens is 210 g/mol. The van der Waals surface area contributed by atoms with Crippen LogP contribution in [-0.4, -0.2) is 37.5 Å². The molecule has 3 nitrogen and oxygen atoms in total. The molecule has 0 bridgehead atoms. The highest BCUT2D eigenvalue weighted by atomic mass is 15.3. The lowest BCUT2D eigenvalue weighted by atomic mass is 9.97. The van der Waals surface area contributed by atoms with Crippen molar-refractivity contribution in [1.29, 1.82) is 0 Å². The van der Waals surface area contributed by atoms with Crippen molar-refractivity contribution in [3.05, 3.63) is 0 Å². The number of rotatable bonds is 4. The molecule has 17 heavy (non-hydrogen) atoms. The maximum atomic E-state index is 4.39. The zero-order chi connectivity index (χ0) is 12.8. The van der Waals surface area contributed by atoms with Gasteiger partial charge in [-0.1, -0.05) is 27.7 Å². The predicted octanol–water partition coefficient (Wildman–Crippen LogP) is 2.59. The highest BCUT2D eigenvalue weighted by molar-refractivity contribution is 5.80. The Morgan fingerprint density at radius 2 is 2.00 bits per heavy atom. The summed E-state index contributed by atoms with van der Waals surface area (Å²) >= 11 is 0. The summed E-state index contributed by atoms with van der Waals surface area (Å²) in [6.07, 6.45) is 2.66. The molecule has 0 aromatic rings. The fourth-order valence-electron chi connectivity index (χ4n) is 2.51. The summed E-state index contributed by atoms with van der Waals surface area (Å²) in [5, 5.41) is 3.46. The standard InChI is InChI=1S/C14H29N3/c1-11(2)8-13-6-7-17(10-13)14(15-5)16-9-12(3)4/h11-13H,6-10H2,1-5H3,(H,15,16). The van der Waals surface area contributed by atoms with Crippen LogP contribution < -0.4 is 5.32 Å². The van der Waals surface area contributed by atoms with E-state index in [0.29, 0.717) is 5.92 Å². The number of hydrogen-bond donors (Lipinski definition) is 1. The molecule has 1 unspecified atom stereocenters. The third-order valence-corrected chi connectivity index (χ3v) is 3.27. The topological polar surface area (TPSA) is 27.6 Å². The SMILES string of the molecule is CN=C(NCC(C)C)N1CCC(CC(C)C)C1. The predicted molar refractivity (Wildman–Crippen MR) is 75.3 cm³/mol. The monoisotopic (exact) mass is 239 g/mol. The summed E-state index contributed by atoms with van der Waals surface area (Å²) in [6.45, 7) is 12.4. The number of nitrogens with one attached hydrogen (secondary N) is 1. The van der Waals surface area contributed by atoms with Crippen molar-refractivity contribution >= 4 is 5.96 Å². The third-order valence-electron chi connectivity index (χ3n) is 3.27. The Morgan fingerprint density at radius 1 is 1.29 bits per heavy atom. The molecule has 0 spiro atoms. The lowest BCUT2D eigenvalue weighted by Gasteiger charge is -2.22. The van der Waals surface area contributed by atoms with Gasteiger partial charge in [-0.3, -0.25) is 4.99 Å². The van der Waals surface area contributed by atoms with Crippen molar-refractivity contribution in [2.75, 3.05) is 26.7 Å².